The van der Waals surface area contributed by atoms with E-state index < -0.39 is 0 Å². The van der Waals surface area contributed by atoms with Crippen molar-refractivity contribution < 1.29 is 4.39 Å². The molecule has 0 unspecified atom stereocenters. The quantitative estimate of drug-likeness (QED) is 0.721. The molecule has 0 aliphatic heterocycles. The fourth-order valence-electron chi connectivity index (χ4n) is 1.44. The van der Waals surface area contributed by atoms with Gasteiger partial charge in [0.25, 0.3) is 0 Å². The maximum absolute atomic E-state index is 13.8. The molecular weight excluding hydrogens is 301 g/mol. The van der Waals surface area contributed by atoms with Crippen LogP contribution in [0.3, 0.4) is 0 Å². The molecule has 0 radical (unpaired) electrons. The number of hydrogen-bond donors (Lipinski definition) is 0. The summed E-state index contributed by atoms with van der Waals surface area (Å²) in [5, 5.41) is 2.72. The summed E-state index contributed by atoms with van der Waals surface area (Å²) in [7, 11) is 0. The second-order valence-electron chi connectivity index (χ2n) is 4.88. The Morgan fingerprint density at radius 3 is 2.53 bits per heavy atom. The summed E-state index contributed by atoms with van der Waals surface area (Å²) in [6.45, 7) is 6.30. The van der Waals surface area contributed by atoms with Gasteiger partial charge in [0.1, 0.15) is 10.8 Å². The maximum atomic E-state index is 13.8. The molecule has 0 aliphatic rings. The summed E-state index contributed by atoms with van der Waals surface area (Å²) >= 11 is 4.85. The molecule has 0 amide bonds. The lowest BCUT2D eigenvalue weighted by Crippen LogP contribution is -2.11. The summed E-state index contributed by atoms with van der Waals surface area (Å²) in [6.07, 6.45) is 0. The number of halogens is 2. The summed E-state index contributed by atoms with van der Waals surface area (Å²) in [6, 6.07) is 4.97. The van der Waals surface area contributed by atoms with Gasteiger partial charge in [0.2, 0.25) is 0 Å². The van der Waals surface area contributed by atoms with Gasteiger partial charge in [-0.05, 0) is 28.1 Å². The minimum absolute atomic E-state index is 0.00746. The molecule has 90 valence electrons. The number of aromatic nitrogens is 1. The van der Waals surface area contributed by atoms with Crippen LogP contribution >= 0.6 is 27.3 Å². The first kappa shape index (κ1) is 12.7. The van der Waals surface area contributed by atoms with Gasteiger partial charge in [0.15, 0.2) is 0 Å². The van der Waals surface area contributed by atoms with Crippen molar-refractivity contribution in [2.75, 3.05) is 0 Å². The molecule has 0 N–H and O–H groups in total. The first-order valence-corrected chi connectivity index (χ1v) is 6.97. The van der Waals surface area contributed by atoms with E-state index in [1.807, 2.05) is 11.4 Å². The molecule has 1 aromatic carbocycles. The highest BCUT2D eigenvalue weighted by Gasteiger charge is 2.20. The fraction of sp³-hybridized carbons (Fsp3) is 0.308. The molecule has 0 atom stereocenters. The van der Waals surface area contributed by atoms with Gasteiger partial charge in [0.05, 0.1) is 11.3 Å². The normalized spacial score (nSPS) is 11.8. The Morgan fingerprint density at radius 2 is 2.00 bits per heavy atom. The van der Waals surface area contributed by atoms with Crippen LogP contribution in [-0.4, -0.2) is 4.98 Å². The zero-order valence-corrected chi connectivity index (χ0v) is 12.3. The number of hydrogen-bond acceptors (Lipinski definition) is 2. The predicted molar refractivity (Wildman–Crippen MR) is 73.9 cm³/mol. The first-order valence-electron chi connectivity index (χ1n) is 5.30. The SMILES string of the molecule is CC(C)(C)c1csc(-c2c(F)cccc2Br)n1. The van der Waals surface area contributed by atoms with Crippen molar-refractivity contribution in [2.24, 2.45) is 0 Å². The van der Waals surface area contributed by atoms with Crippen molar-refractivity contribution in [3.8, 4) is 10.6 Å². The maximum Gasteiger partial charge on any atom is 0.134 e. The van der Waals surface area contributed by atoms with Crippen molar-refractivity contribution in [3.63, 3.8) is 0 Å². The third-order valence-corrected chi connectivity index (χ3v) is 3.97. The predicted octanol–water partition coefficient (Wildman–Crippen LogP) is 5.01. The van der Waals surface area contributed by atoms with Crippen molar-refractivity contribution in [3.05, 3.63) is 39.6 Å². The van der Waals surface area contributed by atoms with E-state index in [4.69, 9.17) is 0 Å². The van der Waals surface area contributed by atoms with Crippen LogP contribution in [-0.2, 0) is 5.41 Å². The molecule has 1 aromatic heterocycles. The average molecular weight is 314 g/mol. The van der Waals surface area contributed by atoms with Gasteiger partial charge in [-0.1, -0.05) is 26.8 Å². The molecule has 0 bridgehead atoms. The zero-order chi connectivity index (χ0) is 12.6. The van der Waals surface area contributed by atoms with Crippen molar-refractivity contribution in [1.29, 1.82) is 0 Å². The Hall–Kier alpha value is -0.740. The molecule has 2 rings (SSSR count). The Morgan fingerprint density at radius 1 is 1.29 bits per heavy atom. The van der Waals surface area contributed by atoms with Crippen molar-refractivity contribution in [2.45, 2.75) is 26.2 Å². The number of nitrogens with zero attached hydrogens (tertiary/aromatic N) is 1. The van der Waals surface area contributed by atoms with E-state index in [9.17, 15) is 4.39 Å². The molecule has 0 fully saturated rings. The molecule has 1 heterocycles. The number of benzene rings is 1. The lowest BCUT2D eigenvalue weighted by molar-refractivity contribution is 0.573. The molecule has 4 heteroatoms. The Kier molecular flexibility index (Phi) is 3.36. The largest absolute Gasteiger partial charge is 0.240 e. The lowest BCUT2D eigenvalue weighted by Gasteiger charge is -2.14. The van der Waals surface area contributed by atoms with Crippen LogP contribution in [0, 0.1) is 5.82 Å². The van der Waals surface area contributed by atoms with E-state index in [1.165, 1.54) is 17.4 Å². The highest BCUT2D eigenvalue weighted by Crippen LogP contribution is 2.35. The Labute approximate surface area is 113 Å². The van der Waals surface area contributed by atoms with E-state index >= 15 is 0 Å². The number of thiazole rings is 1. The van der Waals surface area contributed by atoms with Gasteiger partial charge in [-0.25, -0.2) is 9.37 Å². The monoisotopic (exact) mass is 313 g/mol. The lowest BCUT2D eigenvalue weighted by atomic mass is 9.93. The third kappa shape index (κ3) is 2.58. The van der Waals surface area contributed by atoms with Crippen LogP contribution in [0.2, 0.25) is 0 Å². The first-order chi connectivity index (χ1) is 7.89. The summed E-state index contributed by atoms with van der Waals surface area (Å²) in [4.78, 5) is 4.52. The topological polar surface area (TPSA) is 12.9 Å². The van der Waals surface area contributed by atoms with E-state index in [-0.39, 0.29) is 11.2 Å². The van der Waals surface area contributed by atoms with E-state index in [0.717, 1.165) is 15.2 Å². The summed E-state index contributed by atoms with van der Waals surface area (Å²) in [5.74, 6) is -0.241. The van der Waals surface area contributed by atoms with Gasteiger partial charge < -0.3 is 0 Å². The molecule has 0 saturated carbocycles. The minimum Gasteiger partial charge on any atom is -0.240 e. The smallest absolute Gasteiger partial charge is 0.134 e. The van der Waals surface area contributed by atoms with Crippen molar-refractivity contribution in [1.82, 2.24) is 4.98 Å². The third-order valence-electron chi connectivity index (χ3n) is 2.45. The average Bonchev–Trinajstić information content (AvgIpc) is 2.65. The zero-order valence-electron chi connectivity index (χ0n) is 9.92. The molecule has 0 spiro atoms. The van der Waals surface area contributed by atoms with Gasteiger partial charge in [-0.3, -0.25) is 0 Å². The second kappa shape index (κ2) is 4.50. The number of rotatable bonds is 1. The molecule has 0 saturated heterocycles. The van der Waals surface area contributed by atoms with Crippen LogP contribution in [0.1, 0.15) is 26.5 Å². The van der Waals surface area contributed by atoms with Gasteiger partial charge >= 0.3 is 0 Å². The highest BCUT2D eigenvalue weighted by atomic mass is 79.9. The molecule has 0 aliphatic carbocycles. The van der Waals surface area contributed by atoms with Crippen LogP contribution in [0.5, 0.6) is 0 Å². The van der Waals surface area contributed by atoms with Gasteiger partial charge in [-0.15, -0.1) is 11.3 Å². The molecule has 1 nitrogen and oxygen atoms in total. The summed E-state index contributed by atoms with van der Waals surface area (Å²) in [5.41, 5.74) is 1.53. The molecule has 2 aromatic rings. The van der Waals surface area contributed by atoms with Crippen LogP contribution < -0.4 is 0 Å². The van der Waals surface area contributed by atoms with Gasteiger partial charge in [0, 0.05) is 15.3 Å². The van der Waals surface area contributed by atoms with Crippen LogP contribution in [0.15, 0.2) is 28.1 Å². The van der Waals surface area contributed by atoms with E-state index in [1.54, 1.807) is 6.07 Å². The fourth-order valence-corrected chi connectivity index (χ4v) is 3.20. The van der Waals surface area contributed by atoms with Gasteiger partial charge in [-0.2, -0.15) is 0 Å². The van der Waals surface area contributed by atoms with Crippen LogP contribution in [0.25, 0.3) is 10.6 Å². The standard InChI is InChI=1S/C13H13BrFNS/c1-13(2,3)10-7-17-12(16-10)11-8(14)5-4-6-9(11)15/h4-7H,1-3H3. The van der Waals surface area contributed by atoms with E-state index in [2.05, 4.69) is 41.7 Å². The molecular formula is C13H13BrFNS. The van der Waals surface area contributed by atoms with Crippen molar-refractivity contribution >= 4 is 27.3 Å². The minimum atomic E-state index is -0.241. The molecule has 17 heavy (non-hydrogen) atoms. The van der Waals surface area contributed by atoms with Crippen LogP contribution in [0.4, 0.5) is 4.39 Å². The summed E-state index contributed by atoms with van der Waals surface area (Å²) < 4.78 is 14.5. The van der Waals surface area contributed by atoms with E-state index in [0.29, 0.717) is 5.56 Å². The second-order valence-corrected chi connectivity index (χ2v) is 6.60. The Balaban J connectivity index is 2.51. The highest BCUT2D eigenvalue weighted by molar-refractivity contribution is 9.10. The Bertz CT molecular complexity index is 522.